The quantitative estimate of drug-likeness (QED) is 0.695. The molecular weight excluding hydrogens is 168 g/mol. The van der Waals surface area contributed by atoms with Crippen LogP contribution in [0.4, 0.5) is 0 Å². The fraction of sp³-hybridized carbons (Fsp3) is 0. The molecule has 0 unspecified atom stereocenters. The number of halogens is 1. The van der Waals surface area contributed by atoms with Gasteiger partial charge in [-0.25, -0.2) is 4.79 Å². The van der Waals surface area contributed by atoms with E-state index in [2.05, 4.69) is 0 Å². The molecule has 0 aliphatic carbocycles. The van der Waals surface area contributed by atoms with Gasteiger partial charge in [0.1, 0.15) is 5.76 Å². The van der Waals surface area contributed by atoms with E-state index >= 15 is 0 Å². The van der Waals surface area contributed by atoms with Gasteiger partial charge < -0.3 is 9.52 Å². The highest BCUT2D eigenvalue weighted by atomic mass is 35.5. The minimum absolute atomic E-state index is 0.356. The molecule has 0 saturated carbocycles. The molecule has 0 aromatic carbocycles. The first-order valence-electron chi connectivity index (χ1n) is 2.84. The molecule has 1 heterocycles. The topological polar surface area (TPSA) is 50.4 Å². The van der Waals surface area contributed by atoms with Crippen molar-refractivity contribution < 1.29 is 14.3 Å². The Morgan fingerprint density at radius 2 is 2.45 bits per heavy atom. The Hall–Kier alpha value is -1.22. The third-order valence-corrected chi connectivity index (χ3v) is 1.33. The SMILES string of the molecule is O=C(O)C=Cc1occc1Cl. The summed E-state index contributed by atoms with van der Waals surface area (Å²) < 4.78 is 4.83. The molecule has 11 heavy (non-hydrogen) atoms. The van der Waals surface area contributed by atoms with Crippen molar-refractivity contribution >= 4 is 23.6 Å². The van der Waals surface area contributed by atoms with Crippen LogP contribution in [0, 0.1) is 0 Å². The first kappa shape index (κ1) is 7.88. The smallest absolute Gasteiger partial charge is 0.328 e. The van der Waals surface area contributed by atoms with Crippen molar-refractivity contribution in [1.29, 1.82) is 0 Å². The summed E-state index contributed by atoms with van der Waals surface area (Å²) in [6.45, 7) is 0. The monoisotopic (exact) mass is 172 g/mol. The molecule has 0 aliphatic rings. The molecule has 1 aromatic rings. The van der Waals surface area contributed by atoms with E-state index in [1.807, 2.05) is 0 Å². The van der Waals surface area contributed by atoms with Crippen molar-refractivity contribution in [3.8, 4) is 0 Å². The lowest BCUT2D eigenvalue weighted by atomic mass is 10.4. The van der Waals surface area contributed by atoms with Crippen LogP contribution in [0.5, 0.6) is 0 Å². The van der Waals surface area contributed by atoms with Crippen LogP contribution in [0.1, 0.15) is 5.76 Å². The molecule has 0 spiro atoms. The lowest BCUT2D eigenvalue weighted by Crippen LogP contribution is -1.84. The number of hydrogen-bond acceptors (Lipinski definition) is 2. The van der Waals surface area contributed by atoms with Crippen LogP contribution in [0.3, 0.4) is 0 Å². The molecule has 1 aromatic heterocycles. The highest BCUT2D eigenvalue weighted by Crippen LogP contribution is 2.17. The molecule has 3 nitrogen and oxygen atoms in total. The number of hydrogen-bond donors (Lipinski definition) is 1. The summed E-state index contributed by atoms with van der Waals surface area (Å²) in [6, 6.07) is 1.54. The van der Waals surface area contributed by atoms with Crippen molar-refractivity contribution in [1.82, 2.24) is 0 Å². The molecular formula is C7H5ClO3. The second-order valence-electron chi connectivity index (χ2n) is 1.80. The maximum Gasteiger partial charge on any atom is 0.328 e. The Morgan fingerprint density at radius 3 is 2.91 bits per heavy atom. The van der Waals surface area contributed by atoms with E-state index in [0.29, 0.717) is 10.8 Å². The fourth-order valence-electron chi connectivity index (χ4n) is 0.571. The minimum Gasteiger partial charge on any atom is -0.478 e. The Labute approximate surface area is 67.9 Å². The highest BCUT2D eigenvalue weighted by molar-refractivity contribution is 6.31. The van der Waals surface area contributed by atoms with E-state index in [9.17, 15) is 4.79 Å². The summed E-state index contributed by atoms with van der Waals surface area (Å²) >= 11 is 5.59. The van der Waals surface area contributed by atoms with Gasteiger partial charge in [-0.3, -0.25) is 0 Å². The third-order valence-electron chi connectivity index (χ3n) is 1.02. The van der Waals surface area contributed by atoms with Crippen molar-refractivity contribution in [2.45, 2.75) is 0 Å². The van der Waals surface area contributed by atoms with Gasteiger partial charge in [-0.1, -0.05) is 11.6 Å². The van der Waals surface area contributed by atoms with Crippen molar-refractivity contribution in [2.75, 3.05) is 0 Å². The zero-order valence-corrected chi connectivity index (χ0v) is 6.21. The van der Waals surface area contributed by atoms with Crippen LogP contribution in [-0.2, 0) is 4.79 Å². The summed E-state index contributed by atoms with van der Waals surface area (Å²) in [4.78, 5) is 10.0. The average molecular weight is 173 g/mol. The van der Waals surface area contributed by atoms with Crippen LogP contribution in [0.15, 0.2) is 22.8 Å². The van der Waals surface area contributed by atoms with Gasteiger partial charge in [0.2, 0.25) is 0 Å². The van der Waals surface area contributed by atoms with Gasteiger partial charge in [0.25, 0.3) is 0 Å². The van der Waals surface area contributed by atoms with E-state index < -0.39 is 5.97 Å². The molecule has 0 fully saturated rings. The molecule has 1 rings (SSSR count). The average Bonchev–Trinajstić information content (AvgIpc) is 2.31. The number of carbonyl (C=O) groups is 1. The maximum atomic E-state index is 10.0. The van der Waals surface area contributed by atoms with Crippen LogP contribution in [0.25, 0.3) is 6.08 Å². The zero-order valence-electron chi connectivity index (χ0n) is 5.45. The fourth-order valence-corrected chi connectivity index (χ4v) is 0.730. The van der Waals surface area contributed by atoms with E-state index in [1.165, 1.54) is 12.3 Å². The van der Waals surface area contributed by atoms with Crippen LogP contribution in [0.2, 0.25) is 5.02 Å². The predicted octanol–water partition coefficient (Wildman–Crippen LogP) is 2.03. The van der Waals surface area contributed by atoms with Gasteiger partial charge >= 0.3 is 5.97 Å². The standard InChI is InChI=1S/C7H5ClO3/c8-5-3-4-11-6(5)1-2-7(9)10/h1-4H,(H,9,10). The van der Waals surface area contributed by atoms with Crippen molar-refractivity contribution in [3.05, 3.63) is 29.2 Å². The molecule has 0 amide bonds. The number of carboxylic acids is 1. The second kappa shape index (κ2) is 3.25. The minimum atomic E-state index is -1.03. The Kier molecular flexibility index (Phi) is 2.33. The molecule has 0 saturated heterocycles. The molecule has 0 bridgehead atoms. The van der Waals surface area contributed by atoms with Crippen LogP contribution >= 0.6 is 11.6 Å². The molecule has 0 atom stereocenters. The number of carboxylic acid groups (broad SMARTS) is 1. The predicted molar refractivity (Wildman–Crippen MR) is 40.4 cm³/mol. The Morgan fingerprint density at radius 1 is 1.73 bits per heavy atom. The van der Waals surface area contributed by atoms with E-state index in [1.54, 1.807) is 6.07 Å². The molecule has 58 valence electrons. The molecule has 4 heteroatoms. The molecule has 0 radical (unpaired) electrons. The van der Waals surface area contributed by atoms with Crippen molar-refractivity contribution in [3.63, 3.8) is 0 Å². The summed E-state index contributed by atoms with van der Waals surface area (Å²) in [6.07, 6.45) is 3.65. The van der Waals surface area contributed by atoms with Gasteiger partial charge in [0.15, 0.2) is 0 Å². The number of aliphatic carboxylic acids is 1. The van der Waals surface area contributed by atoms with Gasteiger partial charge in [-0.2, -0.15) is 0 Å². The van der Waals surface area contributed by atoms with E-state index in [4.69, 9.17) is 21.1 Å². The van der Waals surface area contributed by atoms with Gasteiger partial charge in [-0.05, 0) is 12.1 Å². The molecule has 1 N–H and O–H groups in total. The normalized spacial score (nSPS) is 10.6. The zero-order chi connectivity index (χ0) is 8.27. The third kappa shape index (κ3) is 2.13. The Bertz CT molecular complexity index is 288. The largest absolute Gasteiger partial charge is 0.478 e. The maximum absolute atomic E-state index is 10.0. The van der Waals surface area contributed by atoms with E-state index in [0.717, 1.165) is 6.08 Å². The first-order valence-corrected chi connectivity index (χ1v) is 3.22. The Balaban J connectivity index is 2.79. The van der Waals surface area contributed by atoms with Gasteiger partial charge in [-0.15, -0.1) is 0 Å². The summed E-state index contributed by atoms with van der Waals surface area (Å²) in [5, 5.41) is 8.64. The number of rotatable bonds is 2. The first-order chi connectivity index (χ1) is 5.20. The lowest BCUT2D eigenvalue weighted by Gasteiger charge is -1.83. The van der Waals surface area contributed by atoms with E-state index in [-0.39, 0.29) is 0 Å². The second-order valence-corrected chi connectivity index (χ2v) is 2.21. The summed E-state index contributed by atoms with van der Waals surface area (Å²) in [7, 11) is 0. The van der Waals surface area contributed by atoms with Gasteiger partial charge in [0, 0.05) is 6.08 Å². The van der Waals surface area contributed by atoms with Crippen LogP contribution in [-0.4, -0.2) is 11.1 Å². The highest BCUT2D eigenvalue weighted by Gasteiger charge is 1.98. The summed E-state index contributed by atoms with van der Waals surface area (Å²) in [5.74, 6) is -0.675. The molecule has 0 aliphatic heterocycles. The summed E-state index contributed by atoms with van der Waals surface area (Å²) in [5.41, 5.74) is 0. The lowest BCUT2D eigenvalue weighted by molar-refractivity contribution is -0.131. The number of furan rings is 1. The van der Waals surface area contributed by atoms with Gasteiger partial charge in [0.05, 0.1) is 11.3 Å². The van der Waals surface area contributed by atoms with Crippen molar-refractivity contribution in [2.24, 2.45) is 0 Å². The van der Waals surface area contributed by atoms with Crippen LogP contribution < -0.4 is 0 Å².